The van der Waals surface area contributed by atoms with Gasteiger partial charge in [0.05, 0.1) is 60.1 Å². The summed E-state index contributed by atoms with van der Waals surface area (Å²) < 4.78 is 57.6. The van der Waals surface area contributed by atoms with Crippen molar-refractivity contribution in [2.75, 3.05) is 26.4 Å². The minimum absolute atomic E-state index is 0.000997. The van der Waals surface area contributed by atoms with Gasteiger partial charge in [-0.2, -0.15) is 0 Å². The van der Waals surface area contributed by atoms with Gasteiger partial charge in [0.25, 0.3) is 0 Å². The molecule has 2 N–H and O–H groups in total. The zero-order chi connectivity index (χ0) is 73.1. The summed E-state index contributed by atoms with van der Waals surface area (Å²) in [6, 6.07) is 5.82. The molecule has 2 aromatic carbocycles. The second-order valence-corrected chi connectivity index (χ2v) is 29.5. The lowest BCUT2D eigenvalue weighted by molar-refractivity contribution is 0.0450. The lowest BCUT2D eigenvalue weighted by atomic mass is 10.00. The number of carbonyl (C=O) groups excluding carboxylic acids is 5. The number of ketones is 1. The molecule has 0 saturated carbocycles. The molecular weight excluding hydrogens is 1280 g/mol. The first-order valence-corrected chi connectivity index (χ1v) is 42.2. The summed E-state index contributed by atoms with van der Waals surface area (Å²) in [6.45, 7) is 9.61. The molecule has 4 rings (SSSR count). The first-order valence-electron chi connectivity index (χ1n) is 42.2. The van der Waals surface area contributed by atoms with E-state index < -0.39 is 42.9 Å². The van der Waals surface area contributed by atoms with Gasteiger partial charge in [0.15, 0.2) is 0 Å². The minimum atomic E-state index is -3.37. The van der Waals surface area contributed by atoms with E-state index in [1.54, 1.807) is 0 Å². The Kier molecular flexibility index (Phi) is 52.1. The van der Waals surface area contributed by atoms with Crippen LogP contribution in [0, 0.1) is 0 Å². The second kappa shape index (κ2) is 59.8. The van der Waals surface area contributed by atoms with Gasteiger partial charge in [0.2, 0.25) is 5.78 Å². The minimum Gasteiger partial charge on any atom is -0.503 e. The van der Waals surface area contributed by atoms with Gasteiger partial charge < -0.3 is 33.6 Å². The summed E-state index contributed by atoms with van der Waals surface area (Å²) in [6.07, 6.45) is 70.3. The van der Waals surface area contributed by atoms with Crippen molar-refractivity contribution in [3.8, 4) is 0 Å². The van der Waals surface area contributed by atoms with Gasteiger partial charge in [-0.15, -0.1) is 0 Å². The third-order valence-electron chi connectivity index (χ3n) is 20.4. The number of ether oxygens (including phenoxy) is 4. The smallest absolute Gasteiger partial charge is 0.503 e. The maximum atomic E-state index is 14.6. The number of H-pyrrole nitrogens is 2. The number of aromatic nitrogens is 2. The van der Waals surface area contributed by atoms with Gasteiger partial charge in [0.1, 0.15) is 5.76 Å². The van der Waals surface area contributed by atoms with E-state index in [0.29, 0.717) is 36.5 Å². The maximum Gasteiger partial charge on any atom is 0.796 e. The highest BCUT2D eigenvalue weighted by atomic mass is 19.2. The molecule has 0 amide bonds. The largest absolute Gasteiger partial charge is 0.796 e. The van der Waals surface area contributed by atoms with Crippen LogP contribution in [0.15, 0.2) is 42.7 Å². The Morgan fingerprint density at radius 2 is 0.510 bits per heavy atom. The Hall–Kier alpha value is -5.47. The van der Waals surface area contributed by atoms with Crippen molar-refractivity contribution in [2.24, 2.45) is 0 Å². The van der Waals surface area contributed by atoms with Crippen molar-refractivity contribution in [3.05, 3.63) is 76.4 Å². The topological polar surface area (TPSA) is 163 Å². The number of unbranched alkanes of at least 4 members (excludes halogenated alkanes) is 52. The van der Waals surface area contributed by atoms with E-state index in [1.807, 2.05) is 0 Å². The summed E-state index contributed by atoms with van der Waals surface area (Å²) in [5.41, 5.74) is -0.306. The van der Waals surface area contributed by atoms with Gasteiger partial charge in [-0.1, -0.05) is 362 Å². The van der Waals surface area contributed by atoms with Crippen LogP contribution in [0.5, 0.6) is 0 Å². The number of hydrogen-bond acceptors (Lipinski definition) is 10. The number of nitrogens with one attached hydrogen (secondary N) is 2. The summed E-state index contributed by atoms with van der Waals surface area (Å²) in [7, 11) is -3.37. The summed E-state index contributed by atoms with van der Waals surface area (Å²) in [5, 5.41) is 1.25. The number of aromatic amines is 2. The van der Waals surface area contributed by atoms with Crippen LogP contribution < -0.4 is 0 Å². The Bertz CT molecular complexity index is 2860. The fourth-order valence-electron chi connectivity index (χ4n) is 14.1. The Balaban J connectivity index is 1.49. The van der Waals surface area contributed by atoms with Crippen LogP contribution in [0.25, 0.3) is 27.3 Å². The molecule has 0 aliphatic heterocycles. The molecule has 4 aromatic rings. The summed E-state index contributed by atoms with van der Waals surface area (Å²) >= 11 is 0. The van der Waals surface area contributed by atoms with Crippen molar-refractivity contribution in [2.45, 2.75) is 387 Å². The highest BCUT2D eigenvalue weighted by molar-refractivity contribution is 6.36. The van der Waals surface area contributed by atoms with Gasteiger partial charge >= 0.3 is 31.3 Å². The number of rotatable bonds is 69. The molecule has 15 heteroatoms. The van der Waals surface area contributed by atoms with Crippen LogP contribution in [0.4, 0.5) is 8.63 Å². The van der Waals surface area contributed by atoms with E-state index >= 15 is 0 Å². The van der Waals surface area contributed by atoms with Crippen LogP contribution in [-0.2, 0) is 23.6 Å². The molecule has 0 atom stereocenters. The molecule has 0 saturated heterocycles. The Morgan fingerprint density at radius 1 is 0.304 bits per heavy atom. The quantitative estimate of drug-likeness (QED) is 0.00827. The fourth-order valence-corrected chi connectivity index (χ4v) is 14.1. The molecule has 102 heavy (non-hydrogen) atoms. The van der Waals surface area contributed by atoms with Gasteiger partial charge in [0, 0.05) is 40.0 Å². The van der Waals surface area contributed by atoms with Crippen molar-refractivity contribution in [1.29, 1.82) is 0 Å². The van der Waals surface area contributed by atoms with Crippen molar-refractivity contribution in [3.63, 3.8) is 0 Å². The lowest BCUT2D eigenvalue weighted by Crippen LogP contribution is -2.15. The van der Waals surface area contributed by atoms with E-state index in [1.165, 1.54) is 293 Å². The standard InChI is InChI=1S/C87H141BF2N2O10/c1-5-9-13-17-21-25-29-33-37-41-45-49-53-57-61-98-84(94)76-65-72-70-91-82(74(72)67-78(76)86(96)100-63-59-55-51-47-43-39-35-31-27-23-19-15-11-7-3)80(93)69-81(102-88(89)90)83-75-68-79(87(97)101-64-60-56-52-48-44-40-36-32-28-24-20-16-12-8-4)77(66-73(75)71-92-83)85(95)99-62-58-54-50-46-42-38-34-30-26-22-18-14-10-6-2/h65-71,91-92H,5-64H2,1-4H3/b81-69+. The molecule has 0 unspecified atom stereocenters. The number of fused-ring (bicyclic) bond motifs is 2. The first kappa shape index (κ1) is 88.9. The first-order chi connectivity index (χ1) is 50.0. The van der Waals surface area contributed by atoms with Gasteiger partial charge in [-0.3, -0.25) is 4.79 Å². The zero-order valence-electron chi connectivity index (χ0n) is 64.9. The SMILES string of the molecule is CCCCCCCCCCCCCCCCOC(=O)c1cc2c[nH]c(C(=O)/C=C(/OB(F)F)c3[nH]cc4cc(C(=O)OCCCCCCCCCCCCCCCC)c(C(=O)OCCCCCCCCCCCCCCCC)cc34)c2cc1C(=O)OCCCCCCCCCCCCCCCC. The lowest BCUT2D eigenvalue weighted by Gasteiger charge is -2.12. The highest BCUT2D eigenvalue weighted by Crippen LogP contribution is 2.33. The monoisotopic (exact) mass is 1420 g/mol. The fraction of sp³-hybridized carbons (Fsp3) is 0.736. The summed E-state index contributed by atoms with van der Waals surface area (Å²) in [4.78, 5) is 76.8. The number of carbonyl (C=O) groups is 5. The average molecular weight is 1420 g/mol. The molecule has 0 fully saturated rings. The molecule has 0 bridgehead atoms. The van der Waals surface area contributed by atoms with Crippen LogP contribution in [0.2, 0.25) is 0 Å². The number of hydrogen-bond donors (Lipinski definition) is 2. The third-order valence-corrected chi connectivity index (χ3v) is 20.4. The molecule has 0 aliphatic rings. The van der Waals surface area contributed by atoms with E-state index in [9.17, 15) is 32.6 Å². The molecule has 12 nitrogen and oxygen atoms in total. The number of allylic oxidation sites excluding steroid dienone is 1. The average Bonchev–Trinajstić information content (AvgIpc) is 1.58. The molecule has 2 heterocycles. The Labute approximate surface area is 617 Å². The zero-order valence-corrected chi connectivity index (χ0v) is 64.9. The van der Waals surface area contributed by atoms with Crippen LogP contribution in [0.1, 0.15) is 445 Å². The van der Waals surface area contributed by atoms with E-state index in [0.717, 1.165) is 83.1 Å². The number of halogens is 2. The molecule has 0 spiro atoms. The third kappa shape index (κ3) is 39.6. The maximum absolute atomic E-state index is 14.6. The van der Waals surface area contributed by atoms with E-state index in [2.05, 4.69) is 37.7 Å². The van der Waals surface area contributed by atoms with Crippen molar-refractivity contribution >= 4 is 64.4 Å². The molecule has 576 valence electrons. The Morgan fingerprint density at radius 3 is 0.745 bits per heavy atom. The van der Waals surface area contributed by atoms with Crippen molar-refractivity contribution < 1.29 is 56.2 Å². The van der Waals surface area contributed by atoms with Gasteiger partial charge in [-0.25, -0.2) is 27.8 Å². The molecule has 2 aromatic heterocycles. The van der Waals surface area contributed by atoms with Crippen molar-refractivity contribution in [1.82, 2.24) is 9.97 Å². The van der Waals surface area contributed by atoms with E-state index in [-0.39, 0.29) is 70.8 Å². The summed E-state index contributed by atoms with van der Waals surface area (Å²) in [5.74, 6) is -4.21. The second-order valence-electron chi connectivity index (χ2n) is 29.5. The van der Waals surface area contributed by atoms with Crippen LogP contribution in [-0.4, -0.2) is 73.5 Å². The predicted octanol–water partition coefficient (Wildman–Crippen LogP) is 27.4. The molecule has 0 aliphatic carbocycles. The van der Waals surface area contributed by atoms with Crippen LogP contribution in [0.3, 0.4) is 0 Å². The number of benzene rings is 2. The normalized spacial score (nSPS) is 11.7. The number of esters is 4. The highest BCUT2D eigenvalue weighted by Gasteiger charge is 2.29. The van der Waals surface area contributed by atoms with Crippen LogP contribution >= 0.6 is 0 Å². The molecule has 0 radical (unpaired) electrons. The molecular formula is C87H141BF2N2O10. The van der Waals surface area contributed by atoms with E-state index in [4.69, 9.17) is 23.6 Å². The van der Waals surface area contributed by atoms with Gasteiger partial charge in [-0.05, 0) is 49.9 Å². The predicted molar refractivity (Wildman–Crippen MR) is 420 cm³/mol.